The Morgan fingerprint density at radius 2 is 2.11 bits per heavy atom. The van der Waals surface area contributed by atoms with Crippen LogP contribution < -0.4 is 0 Å². The number of nitrogens with zero attached hydrogens (tertiary/aromatic N) is 5. The molecule has 2 aromatic rings. The minimum absolute atomic E-state index is 0.480. The summed E-state index contributed by atoms with van der Waals surface area (Å²) >= 11 is 3.42. The van der Waals surface area contributed by atoms with Gasteiger partial charge >= 0.3 is 0 Å². The van der Waals surface area contributed by atoms with Gasteiger partial charge in [-0.3, -0.25) is 19.5 Å². The van der Waals surface area contributed by atoms with E-state index >= 15 is 0 Å². The Morgan fingerprint density at radius 3 is 2.78 bits per heavy atom. The molecule has 0 aliphatic carbocycles. The summed E-state index contributed by atoms with van der Waals surface area (Å²) < 4.78 is 3.05. The molecule has 0 N–H and O–H groups in total. The summed E-state index contributed by atoms with van der Waals surface area (Å²) in [4.78, 5) is 11.0. The third-order valence-corrected chi connectivity index (χ3v) is 3.65. The van der Waals surface area contributed by atoms with E-state index in [1.54, 1.807) is 12.4 Å². The van der Waals surface area contributed by atoms with Crippen molar-refractivity contribution in [2.75, 3.05) is 13.1 Å². The Labute approximate surface area is 114 Å². The van der Waals surface area contributed by atoms with Crippen molar-refractivity contribution < 1.29 is 0 Å². The number of aromatic nitrogens is 4. The van der Waals surface area contributed by atoms with Crippen LogP contribution in [0.2, 0.25) is 0 Å². The maximum Gasteiger partial charge on any atom is 0.0773 e. The average molecular weight is 308 g/mol. The minimum atomic E-state index is 0.480. The molecule has 6 heteroatoms. The molecule has 0 aromatic carbocycles. The molecule has 3 heterocycles. The van der Waals surface area contributed by atoms with Crippen LogP contribution in [0.1, 0.15) is 17.4 Å². The predicted octanol–water partition coefficient (Wildman–Crippen LogP) is 1.80. The summed E-state index contributed by atoms with van der Waals surface area (Å²) in [7, 11) is 0. The Bertz CT molecular complexity index is 547. The smallest absolute Gasteiger partial charge is 0.0773 e. The van der Waals surface area contributed by atoms with Gasteiger partial charge in [0, 0.05) is 38.2 Å². The van der Waals surface area contributed by atoms with Gasteiger partial charge in [-0.2, -0.15) is 5.10 Å². The van der Waals surface area contributed by atoms with Crippen molar-refractivity contribution in [3.05, 3.63) is 40.6 Å². The largest absolute Gasteiger partial charge is 0.293 e. The van der Waals surface area contributed by atoms with Gasteiger partial charge < -0.3 is 0 Å². The van der Waals surface area contributed by atoms with Crippen LogP contribution in [0.4, 0.5) is 0 Å². The van der Waals surface area contributed by atoms with Crippen molar-refractivity contribution in [1.29, 1.82) is 0 Å². The van der Waals surface area contributed by atoms with E-state index in [0.717, 1.165) is 35.5 Å². The predicted molar refractivity (Wildman–Crippen MR) is 71.0 cm³/mol. The highest BCUT2D eigenvalue weighted by molar-refractivity contribution is 9.10. The molecule has 0 atom stereocenters. The molecular formula is C12H14BrN5. The summed E-state index contributed by atoms with van der Waals surface area (Å²) in [5.41, 5.74) is 2.08. The standard InChI is InChI=1S/C12H14BrN5/c1-9-12(15-3-2-14-9)8-17-6-11(7-17)18-5-10(13)4-16-18/h2-5,11H,6-8H2,1H3. The lowest BCUT2D eigenvalue weighted by Gasteiger charge is -2.39. The lowest BCUT2D eigenvalue weighted by molar-refractivity contribution is 0.0891. The molecule has 1 fully saturated rings. The maximum absolute atomic E-state index is 4.37. The van der Waals surface area contributed by atoms with Crippen molar-refractivity contribution in [2.45, 2.75) is 19.5 Å². The fourth-order valence-electron chi connectivity index (χ4n) is 2.16. The first-order valence-electron chi connectivity index (χ1n) is 5.91. The number of hydrogen-bond acceptors (Lipinski definition) is 4. The van der Waals surface area contributed by atoms with Crippen LogP contribution in [0.5, 0.6) is 0 Å². The van der Waals surface area contributed by atoms with Crippen molar-refractivity contribution in [1.82, 2.24) is 24.6 Å². The topological polar surface area (TPSA) is 46.8 Å². The van der Waals surface area contributed by atoms with E-state index in [1.807, 2.05) is 24.0 Å². The number of hydrogen-bond donors (Lipinski definition) is 0. The SMILES string of the molecule is Cc1nccnc1CN1CC(n2cc(Br)cn2)C1. The zero-order valence-electron chi connectivity index (χ0n) is 10.1. The number of likely N-dealkylation sites (tertiary alicyclic amines) is 1. The summed E-state index contributed by atoms with van der Waals surface area (Å²) in [5, 5.41) is 4.31. The summed E-state index contributed by atoms with van der Waals surface area (Å²) in [6, 6.07) is 0.480. The molecule has 0 amide bonds. The Hall–Kier alpha value is -1.27. The molecule has 94 valence electrons. The van der Waals surface area contributed by atoms with Crippen molar-refractivity contribution >= 4 is 15.9 Å². The van der Waals surface area contributed by atoms with E-state index in [0.29, 0.717) is 6.04 Å². The van der Waals surface area contributed by atoms with Crippen LogP contribution in [0, 0.1) is 6.92 Å². The normalized spacial score (nSPS) is 16.8. The van der Waals surface area contributed by atoms with Crippen LogP contribution in [0.15, 0.2) is 29.3 Å². The minimum Gasteiger partial charge on any atom is -0.293 e. The van der Waals surface area contributed by atoms with Gasteiger partial charge in [0.05, 0.1) is 28.1 Å². The highest BCUT2D eigenvalue weighted by Gasteiger charge is 2.29. The van der Waals surface area contributed by atoms with Crippen LogP contribution >= 0.6 is 15.9 Å². The fraction of sp³-hybridized carbons (Fsp3) is 0.417. The third-order valence-electron chi connectivity index (χ3n) is 3.24. The van der Waals surface area contributed by atoms with Crippen molar-refractivity contribution in [3.8, 4) is 0 Å². The molecule has 0 saturated carbocycles. The van der Waals surface area contributed by atoms with E-state index in [9.17, 15) is 0 Å². The molecule has 1 aliphatic heterocycles. The summed E-state index contributed by atoms with van der Waals surface area (Å²) in [5.74, 6) is 0. The molecule has 2 aromatic heterocycles. The zero-order valence-corrected chi connectivity index (χ0v) is 11.7. The highest BCUT2D eigenvalue weighted by Crippen LogP contribution is 2.23. The fourth-order valence-corrected chi connectivity index (χ4v) is 2.46. The molecule has 0 bridgehead atoms. The Kier molecular flexibility index (Phi) is 3.13. The van der Waals surface area contributed by atoms with E-state index in [2.05, 4.69) is 35.9 Å². The summed E-state index contributed by atoms with van der Waals surface area (Å²) in [6.45, 7) is 4.91. The van der Waals surface area contributed by atoms with Gasteiger partial charge in [0.15, 0.2) is 0 Å². The average Bonchev–Trinajstić information content (AvgIpc) is 2.71. The lowest BCUT2D eigenvalue weighted by atomic mass is 10.1. The second kappa shape index (κ2) is 4.78. The van der Waals surface area contributed by atoms with Crippen LogP contribution in [0.3, 0.4) is 0 Å². The molecule has 3 rings (SSSR count). The van der Waals surface area contributed by atoms with Crippen LogP contribution in [-0.4, -0.2) is 37.7 Å². The third kappa shape index (κ3) is 2.30. The van der Waals surface area contributed by atoms with Crippen molar-refractivity contribution in [2.24, 2.45) is 0 Å². The molecule has 5 nitrogen and oxygen atoms in total. The number of rotatable bonds is 3. The molecule has 1 aliphatic rings. The van der Waals surface area contributed by atoms with Gasteiger partial charge in [-0.15, -0.1) is 0 Å². The molecular weight excluding hydrogens is 294 g/mol. The van der Waals surface area contributed by atoms with E-state index in [4.69, 9.17) is 0 Å². The van der Waals surface area contributed by atoms with Crippen LogP contribution in [0.25, 0.3) is 0 Å². The monoisotopic (exact) mass is 307 g/mol. The van der Waals surface area contributed by atoms with Gasteiger partial charge in [-0.25, -0.2) is 0 Å². The van der Waals surface area contributed by atoms with E-state index in [-0.39, 0.29) is 0 Å². The molecule has 0 unspecified atom stereocenters. The first kappa shape index (κ1) is 11.8. The lowest BCUT2D eigenvalue weighted by Crippen LogP contribution is -2.47. The quantitative estimate of drug-likeness (QED) is 0.867. The van der Waals surface area contributed by atoms with E-state index in [1.165, 1.54) is 0 Å². The first-order valence-corrected chi connectivity index (χ1v) is 6.70. The Balaban J connectivity index is 1.58. The maximum atomic E-state index is 4.37. The number of halogens is 1. The van der Waals surface area contributed by atoms with Gasteiger partial charge in [0.25, 0.3) is 0 Å². The van der Waals surface area contributed by atoms with Gasteiger partial charge in [-0.1, -0.05) is 0 Å². The second-order valence-corrected chi connectivity index (χ2v) is 5.49. The zero-order chi connectivity index (χ0) is 12.5. The molecule has 1 saturated heterocycles. The molecule has 0 spiro atoms. The van der Waals surface area contributed by atoms with Crippen molar-refractivity contribution in [3.63, 3.8) is 0 Å². The second-order valence-electron chi connectivity index (χ2n) is 4.57. The van der Waals surface area contributed by atoms with Crippen LogP contribution in [-0.2, 0) is 6.54 Å². The molecule has 0 radical (unpaired) electrons. The highest BCUT2D eigenvalue weighted by atomic mass is 79.9. The van der Waals surface area contributed by atoms with Gasteiger partial charge in [0.1, 0.15) is 0 Å². The van der Waals surface area contributed by atoms with Gasteiger partial charge in [0.2, 0.25) is 0 Å². The summed E-state index contributed by atoms with van der Waals surface area (Å²) in [6.07, 6.45) is 7.34. The first-order chi connectivity index (χ1) is 8.72. The molecule has 18 heavy (non-hydrogen) atoms. The number of aryl methyl sites for hydroxylation is 1. The Morgan fingerprint density at radius 1 is 1.33 bits per heavy atom. The van der Waals surface area contributed by atoms with Gasteiger partial charge in [-0.05, 0) is 22.9 Å². The van der Waals surface area contributed by atoms with E-state index < -0.39 is 0 Å².